The Morgan fingerprint density at radius 3 is 2.74 bits per heavy atom. The lowest BCUT2D eigenvalue weighted by molar-refractivity contribution is -0.116. The Hall–Kier alpha value is -1.55. The van der Waals surface area contributed by atoms with Gasteiger partial charge in [-0.1, -0.05) is 19.9 Å². The molecule has 0 atom stereocenters. The number of amides is 1. The van der Waals surface area contributed by atoms with E-state index in [4.69, 9.17) is 5.73 Å². The van der Waals surface area contributed by atoms with Gasteiger partial charge in [-0.05, 0) is 37.6 Å². The van der Waals surface area contributed by atoms with Crippen LogP contribution in [-0.4, -0.2) is 30.9 Å². The van der Waals surface area contributed by atoms with Crippen molar-refractivity contribution < 1.29 is 4.79 Å². The molecule has 0 spiro atoms. The Bertz CT molecular complexity index is 429. The first-order chi connectivity index (χ1) is 8.88. The molecule has 4 heteroatoms. The summed E-state index contributed by atoms with van der Waals surface area (Å²) in [7, 11) is 2.04. The molecule has 106 valence electrons. The Labute approximate surface area is 116 Å². The van der Waals surface area contributed by atoms with Gasteiger partial charge in [0.05, 0.1) is 0 Å². The third kappa shape index (κ3) is 5.75. The average Bonchev–Trinajstić information content (AvgIpc) is 2.30. The van der Waals surface area contributed by atoms with Gasteiger partial charge in [0.2, 0.25) is 5.91 Å². The van der Waals surface area contributed by atoms with Crippen molar-refractivity contribution in [2.75, 3.05) is 31.2 Å². The molecule has 0 saturated heterocycles. The number of nitrogens with zero attached hydrogens (tertiary/aromatic N) is 1. The second-order valence-corrected chi connectivity index (χ2v) is 5.53. The minimum absolute atomic E-state index is 0.0318. The minimum Gasteiger partial charge on any atom is -0.399 e. The molecule has 0 unspecified atom stereocenters. The van der Waals surface area contributed by atoms with Crippen molar-refractivity contribution in [2.45, 2.75) is 27.2 Å². The van der Waals surface area contributed by atoms with Gasteiger partial charge in [-0.2, -0.15) is 0 Å². The third-order valence-corrected chi connectivity index (χ3v) is 2.93. The van der Waals surface area contributed by atoms with Crippen LogP contribution in [0.4, 0.5) is 11.4 Å². The number of carbonyl (C=O) groups is 1. The van der Waals surface area contributed by atoms with E-state index in [1.54, 1.807) is 6.07 Å². The topological polar surface area (TPSA) is 58.4 Å². The zero-order chi connectivity index (χ0) is 14.4. The summed E-state index contributed by atoms with van der Waals surface area (Å²) in [4.78, 5) is 14.1. The van der Waals surface area contributed by atoms with Gasteiger partial charge in [0, 0.05) is 30.9 Å². The summed E-state index contributed by atoms with van der Waals surface area (Å²) in [6.07, 6.45) is 0.497. The van der Waals surface area contributed by atoms with Crippen LogP contribution < -0.4 is 11.1 Å². The predicted molar refractivity (Wildman–Crippen MR) is 81.2 cm³/mol. The molecule has 0 saturated carbocycles. The van der Waals surface area contributed by atoms with Crippen molar-refractivity contribution in [2.24, 2.45) is 5.92 Å². The molecule has 4 nitrogen and oxygen atoms in total. The summed E-state index contributed by atoms with van der Waals surface area (Å²) in [5.74, 6) is 0.647. The number of rotatable bonds is 6. The molecule has 1 aromatic rings. The molecule has 0 fully saturated rings. The molecule has 0 aliphatic heterocycles. The van der Waals surface area contributed by atoms with E-state index in [1.807, 2.05) is 26.1 Å². The number of carbonyl (C=O) groups excluding carboxylic acids is 1. The van der Waals surface area contributed by atoms with Crippen molar-refractivity contribution in [1.29, 1.82) is 0 Å². The lowest BCUT2D eigenvalue weighted by atomic mass is 10.1. The molecule has 0 aliphatic carbocycles. The average molecular weight is 263 g/mol. The second kappa shape index (κ2) is 7.14. The molecular weight excluding hydrogens is 238 g/mol. The van der Waals surface area contributed by atoms with Gasteiger partial charge in [0.15, 0.2) is 0 Å². The largest absolute Gasteiger partial charge is 0.399 e. The van der Waals surface area contributed by atoms with E-state index < -0.39 is 0 Å². The lowest BCUT2D eigenvalue weighted by Gasteiger charge is -2.18. The smallest absolute Gasteiger partial charge is 0.225 e. The highest BCUT2D eigenvalue weighted by Gasteiger charge is 2.08. The van der Waals surface area contributed by atoms with Crippen LogP contribution in [-0.2, 0) is 4.79 Å². The standard InChI is InChI=1S/C15H25N3O/c1-11(2)10-18(4)8-7-15(19)17-14-9-13(16)6-5-12(14)3/h5-6,9,11H,7-8,10,16H2,1-4H3,(H,17,19). The fraction of sp³-hybridized carbons (Fsp3) is 0.533. The maximum Gasteiger partial charge on any atom is 0.225 e. The zero-order valence-corrected chi connectivity index (χ0v) is 12.4. The number of hydrogen-bond acceptors (Lipinski definition) is 3. The number of nitrogens with one attached hydrogen (secondary N) is 1. The number of anilines is 2. The van der Waals surface area contributed by atoms with E-state index >= 15 is 0 Å². The third-order valence-electron chi connectivity index (χ3n) is 2.93. The fourth-order valence-corrected chi connectivity index (χ4v) is 1.99. The van der Waals surface area contributed by atoms with E-state index in [0.29, 0.717) is 18.0 Å². The van der Waals surface area contributed by atoms with Crippen LogP contribution in [0.2, 0.25) is 0 Å². The number of nitrogen functional groups attached to an aromatic ring is 1. The van der Waals surface area contributed by atoms with Crippen molar-refractivity contribution >= 4 is 17.3 Å². The van der Waals surface area contributed by atoms with Crippen LogP contribution in [0.1, 0.15) is 25.8 Å². The maximum absolute atomic E-state index is 11.9. The van der Waals surface area contributed by atoms with Gasteiger partial charge in [-0.25, -0.2) is 0 Å². The highest BCUT2D eigenvalue weighted by Crippen LogP contribution is 2.18. The van der Waals surface area contributed by atoms with E-state index in [9.17, 15) is 4.79 Å². The van der Waals surface area contributed by atoms with E-state index in [2.05, 4.69) is 24.1 Å². The van der Waals surface area contributed by atoms with E-state index in [-0.39, 0.29) is 5.91 Å². The van der Waals surface area contributed by atoms with Crippen LogP contribution in [0.3, 0.4) is 0 Å². The van der Waals surface area contributed by atoms with E-state index in [0.717, 1.165) is 24.3 Å². The summed E-state index contributed by atoms with van der Waals surface area (Å²) in [5.41, 5.74) is 8.21. The normalized spacial score (nSPS) is 11.1. The minimum atomic E-state index is 0.0318. The van der Waals surface area contributed by atoms with Gasteiger partial charge in [0.1, 0.15) is 0 Å². The number of aryl methyl sites for hydroxylation is 1. The van der Waals surface area contributed by atoms with Crippen LogP contribution in [0.25, 0.3) is 0 Å². The monoisotopic (exact) mass is 263 g/mol. The van der Waals surface area contributed by atoms with Crippen molar-refractivity contribution in [3.8, 4) is 0 Å². The summed E-state index contributed by atoms with van der Waals surface area (Å²) in [5, 5.41) is 2.91. The summed E-state index contributed by atoms with van der Waals surface area (Å²) >= 11 is 0. The first-order valence-corrected chi connectivity index (χ1v) is 6.73. The van der Waals surface area contributed by atoms with Crippen molar-refractivity contribution in [1.82, 2.24) is 4.90 Å². The van der Waals surface area contributed by atoms with Crippen LogP contribution in [0.5, 0.6) is 0 Å². The van der Waals surface area contributed by atoms with Crippen LogP contribution >= 0.6 is 0 Å². The van der Waals surface area contributed by atoms with Crippen LogP contribution in [0.15, 0.2) is 18.2 Å². The quantitative estimate of drug-likeness (QED) is 0.775. The predicted octanol–water partition coefficient (Wildman–Crippen LogP) is 2.49. The fourth-order valence-electron chi connectivity index (χ4n) is 1.99. The van der Waals surface area contributed by atoms with Gasteiger partial charge < -0.3 is 16.0 Å². The van der Waals surface area contributed by atoms with Crippen molar-refractivity contribution in [3.63, 3.8) is 0 Å². The Kier molecular flexibility index (Phi) is 5.83. The molecule has 3 N–H and O–H groups in total. The SMILES string of the molecule is Cc1ccc(N)cc1NC(=O)CCN(C)CC(C)C. The summed E-state index contributed by atoms with van der Waals surface area (Å²) in [6, 6.07) is 5.54. The van der Waals surface area contributed by atoms with Crippen LogP contribution in [0, 0.1) is 12.8 Å². The van der Waals surface area contributed by atoms with Gasteiger partial charge in [0.25, 0.3) is 0 Å². The number of benzene rings is 1. The molecule has 1 aromatic carbocycles. The first-order valence-electron chi connectivity index (χ1n) is 6.73. The summed E-state index contributed by atoms with van der Waals surface area (Å²) in [6.45, 7) is 8.08. The Morgan fingerprint density at radius 1 is 1.42 bits per heavy atom. The van der Waals surface area contributed by atoms with E-state index in [1.165, 1.54) is 0 Å². The Balaban J connectivity index is 2.45. The van der Waals surface area contributed by atoms with Gasteiger partial charge >= 0.3 is 0 Å². The van der Waals surface area contributed by atoms with Gasteiger partial charge in [-0.3, -0.25) is 4.79 Å². The highest BCUT2D eigenvalue weighted by molar-refractivity contribution is 5.92. The second-order valence-electron chi connectivity index (χ2n) is 5.53. The zero-order valence-electron chi connectivity index (χ0n) is 12.4. The first kappa shape index (κ1) is 15.5. The maximum atomic E-state index is 11.9. The number of nitrogens with two attached hydrogens (primary N) is 1. The molecule has 1 amide bonds. The molecule has 0 aromatic heterocycles. The molecular formula is C15H25N3O. The molecule has 19 heavy (non-hydrogen) atoms. The molecule has 0 aliphatic rings. The highest BCUT2D eigenvalue weighted by atomic mass is 16.1. The molecule has 0 heterocycles. The number of hydrogen-bond donors (Lipinski definition) is 2. The van der Waals surface area contributed by atoms with Gasteiger partial charge in [-0.15, -0.1) is 0 Å². The van der Waals surface area contributed by atoms with Crippen molar-refractivity contribution in [3.05, 3.63) is 23.8 Å². The summed E-state index contributed by atoms with van der Waals surface area (Å²) < 4.78 is 0. The molecule has 0 radical (unpaired) electrons. The molecule has 0 bridgehead atoms. The molecule has 1 rings (SSSR count). The lowest BCUT2D eigenvalue weighted by Crippen LogP contribution is -2.27. The Morgan fingerprint density at radius 2 is 2.11 bits per heavy atom.